The fourth-order valence-corrected chi connectivity index (χ4v) is 2.00. The van der Waals surface area contributed by atoms with Gasteiger partial charge in [0.15, 0.2) is 0 Å². The summed E-state index contributed by atoms with van der Waals surface area (Å²) in [6.07, 6.45) is -3.20. The lowest BCUT2D eigenvalue weighted by Crippen LogP contribution is -2.07. The molecular formula is C13H7Cl2F3N2O. The average molecular weight is 335 g/mol. The largest absolute Gasteiger partial charge is 0.417 e. The lowest BCUT2D eigenvalue weighted by molar-refractivity contribution is -0.137. The van der Waals surface area contributed by atoms with Crippen molar-refractivity contribution >= 4 is 39.9 Å². The molecule has 3 nitrogen and oxygen atoms in total. The van der Waals surface area contributed by atoms with Gasteiger partial charge in [-0.15, -0.1) is 0 Å². The van der Waals surface area contributed by atoms with Crippen molar-refractivity contribution in [3.05, 3.63) is 52.7 Å². The van der Waals surface area contributed by atoms with Crippen LogP contribution in [0.4, 0.5) is 24.7 Å². The smallest absolute Gasteiger partial charge is 0.340 e. The van der Waals surface area contributed by atoms with E-state index in [0.717, 1.165) is 12.1 Å². The summed E-state index contributed by atoms with van der Waals surface area (Å²) in [6.45, 7) is 0. The lowest BCUT2D eigenvalue weighted by atomic mass is 10.2. The first-order chi connectivity index (χ1) is 9.79. The highest BCUT2D eigenvalue weighted by atomic mass is 35.5. The Morgan fingerprint density at radius 1 is 1.24 bits per heavy atom. The number of nitrogens with zero attached hydrogens (tertiary/aromatic N) is 1. The number of benzene rings is 1. The molecule has 0 saturated heterocycles. The van der Waals surface area contributed by atoms with Gasteiger partial charge in [0.1, 0.15) is 5.82 Å². The molecule has 0 bridgehead atoms. The molecule has 0 aliphatic carbocycles. The van der Waals surface area contributed by atoms with Crippen molar-refractivity contribution in [3.8, 4) is 0 Å². The molecule has 8 heteroatoms. The number of aromatic nitrogens is 1. The molecule has 0 aliphatic heterocycles. The summed E-state index contributed by atoms with van der Waals surface area (Å²) < 4.78 is 38.3. The molecule has 0 saturated carbocycles. The first-order valence-corrected chi connectivity index (χ1v) is 6.33. The Hall–Kier alpha value is -1.79. The van der Waals surface area contributed by atoms with Crippen LogP contribution in [0.3, 0.4) is 0 Å². The van der Waals surface area contributed by atoms with Crippen molar-refractivity contribution in [2.24, 2.45) is 0 Å². The van der Waals surface area contributed by atoms with E-state index in [1.807, 2.05) is 0 Å². The summed E-state index contributed by atoms with van der Waals surface area (Å²) in [5, 5.41) is 1.44. The second kappa shape index (κ2) is 5.91. The molecule has 1 heterocycles. The van der Waals surface area contributed by atoms with Crippen molar-refractivity contribution in [2.45, 2.75) is 6.18 Å². The maximum atomic E-state index is 12.8. The molecule has 0 spiro atoms. The van der Waals surface area contributed by atoms with E-state index in [1.54, 1.807) is 0 Å². The Balaban J connectivity index is 2.40. The van der Waals surface area contributed by atoms with E-state index in [2.05, 4.69) is 10.3 Å². The van der Waals surface area contributed by atoms with Crippen molar-refractivity contribution in [3.63, 3.8) is 0 Å². The normalized spacial score (nSPS) is 11.3. The number of carbonyl (C=O) groups is 1. The molecule has 0 aliphatic rings. The zero-order valence-corrected chi connectivity index (χ0v) is 11.7. The highest BCUT2D eigenvalue weighted by Gasteiger charge is 2.33. The van der Waals surface area contributed by atoms with Crippen LogP contribution in [0.1, 0.15) is 15.9 Å². The van der Waals surface area contributed by atoms with E-state index in [9.17, 15) is 18.0 Å². The van der Waals surface area contributed by atoms with Crippen LogP contribution in [0.5, 0.6) is 0 Å². The van der Waals surface area contributed by atoms with Crippen LogP contribution in [-0.4, -0.2) is 10.2 Å². The minimum absolute atomic E-state index is 0.0580. The number of halogens is 5. The lowest BCUT2D eigenvalue weighted by Gasteiger charge is -2.13. The van der Waals surface area contributed by atoms with E-state index in [0.29, 0.717) is 0 Å². The first-order valence-electron chi connectivity index (χ1n) is 5.57. The van der Waals surface area contributed by atoms with Crippen LogP contribution in [0.25, 0.3) is 0 Å². The minimum Gasteiger partial charge on any atom is -0.340 e. The average Bonchev–Trinajstić information content (AvgIpc) is 2.40. The van der Waals surface area contributed by atoms with Crippen LogP contribution < -0.4 is 5.32 Å². The monoisotopic (exact) mass is 334 g/mol. The predicted molar refractivity (Wildman–Crippen MR) is 74.2 cm³/mol. The third-order valence-corrected chi connectivity index (χ3v) is 3.09. The minimum atomic E-state index is -4.58. The number of hydrogen-bond acceptors (Lipinski definition) is 3. The SMILES string of the molecule is O=C(Cl)c1cccnc1Nc1ccc(Cl)c(C(F)(F)F)c1. The maximum Gasteiger partial charge on any atom is 0.417 e. The van der Waals surface area contributed by atoms with E-state index in [4.69, 9.17) is 23.2 Å². The van der Waals surface area contributed by atoms with Crippen LogP contribution in [0.2, 0.25) is 5.02 Å². The molecule has 1 N–H and O–H groups in total. The molecule has 0 atom stereocenters. The summed E-state index contributed by atoms with van der Waals surface area (Å²) >= 11 is 10.9. The highest BCUT2D eigenvalue weighted by Crippen LogP contribution is 2.36. The molecule has 2 aromatic rings. The highest BCUT2D eigenvalue weighted by molar-refractivity contribution is 6.68. The Morgan fingerprint density at radius 3 is 2.57 bits per heavy atom. The Kier molecular flexibility index (Phi) is 4.39. The standard InChI is InChI=1S/C13H7Cl2F3N2O/c14-10-4-3-7(6-9(10)13(16,17)18)20-12-8(11(15)21)2-1-5-19-12/h1-6H,(H,19,20). The summed E-state index contributed by atoms with van der Waals surface area (Å²) in [5.74, 6) is 0.0629. The number of pyridine rings is 1. The van der Waals surface area contributed by atoms with Gasteiger partial charge in [0.25, 0.3) is 5.24 Å². The van der Waals surface area contributed by atoms with Gasteiger partial charge in [-0.05, 0) is 41.9 Å². The van der Waals surface area contributed by atoms with Crippen molar-refractivity contribution in [2.75, 3.05) is 5.32 Å². The molecule has 2 rings (SSSR count). The number of carbonyl (C=O) groups excluding carboxylic acids is 1. The van der Waals surface area contributed by atoms with Crippen LogP contribution in [0, 0.1) is 0 Å². The second-order valence-electron chi connectivity index (χ2n) is 3.99. The zero-order valence-electron chi connectivity index (χ0n) is 10.2. The molecule has 0 radical (unpaired) electrons. The summed E-state index contributed by atoms with van der Waals surface area (Å²) in [7, 11) is 0. The Morgan fingerprint density at radius 2 is 1.95 bits per heavy atom. The first kappa shape index (κ1) is 15.6. The van der Waals surface area contributed by atoms with Crippen molar-refractivity contribution in [1.29, 1.82) is 0 Å². The topological polar surface area (TPSA) is 42.0 Å². The van der Waals surface area contributed by atoms with Gasteiger partial charge in [-0.1, -0.05) is 11.6 Å². The molecule has 0 unspecified atom stereocenters. The zero-order chi connectivity index (χ0) is 15.6. The summed E-state index contributed by atoms with van der Waals surface area (Å²) in [4.78, 5) is 15.1. The molecular weight excluding hydrogens is 328 g/mol. The quantitative estimate of drug-likeness (QED) is 0.813. The number of hydrogen-bond donors (Lipinski definition) is 1. The fourth-order valence-electron chi connectivity index (χ4n) is 1.62. The molecule has 0 fully saturated rings. The molecule has 21 heavy (non-hydrogen) atoms. The number of alkyl halides is 3. The Bertz CT molecular complexity index is 689. The number of rotatable bonds is 3. The second-order valence-corrected chi connectivity index (χ2v) is 4.74. The predicted octanol–water partition coefficient (Wildman–Crippen LogP) is 4.88. The van der Waals surface area contributed by atoms with Gasteiger partial charge < -0.3 is 5.32 Å². The van der Waals surface area contributed by atoms with Gasteiger partial charge in [0, 0.05) is 11.9 Å². The fraction of sp³-hybridized carbons (Fsp3) is 0.0769. The summed E-state index contributed by atoms with van der Waals surface area (Å²) in [5.41, 5.74) is -0.837. The molecule has 1 aromatic carbocycles. The van der Waals surface area contributed by atoms with Crippen molar-refractivity contribution < 1.29 is 18.0 Å². The van der Waals surface area contributed by atoms with E-state index in [1.165, 1.54) is 24.4 Å². The Labute approximate surface area is 127 Å². The van der Waals surface area contributed by atoms with E-state index < -0.39 is 22.0 Å². The van der Waals surface area contributed by atoms with Crippen LogP contribution >= 0.6 is 23.2 Å². The number of anilines is 2. The van der Waals surface area contributed by atoms with Gasteiger partial charge in [-0.25, -0.2) is 4.98 Å². The van der Waals surface area contributed by atoms with Crippen molar-refractivity contribution in [1.82, 2.24) is 4.98 Å². The number of nitrogens with one attached hydrogen (secondary N) is 1. The van der Waals surface area contributed by atoms with Gasteiger partial charge in [0.2, 0.25) is 0 Å². The third kappa shape index (κ3) is 3.65. The maximum absolute atomic E-state index is 12.8. The molecule has 110 valence electrons. The third-order valence-electron chi connectivity index (χ3n) is 2.55. The molecule has 0 amide bonds. The molecule has 1 aromatic heterocycles. The van der Waals surface area contributed by atoms with E-state index >= 15 is 0 Å². The van der Waals surface area contributed by atoms with Crippen LogP contribution in [-0.2, 0) is 6.18 Å². The summed E-state index contributed by atoms with van der Waals surface area (Å²) in [6, 6.07) is 6.18. The van der Waals surface area contributed by atoms with Gasteiger partial charge in [0.05, 0.1) is 16.1 Å². The van der Waals surface area contributed by atoms with Crippen LogP contribution in [0.15, 0.2) is 36.5 Å². The van der Waals surface area contributed by atoms with Gasteiger partial charge in [-0.2, -0.15) is 13.2 Å². The van der Waals surface area contributed by atoms with Gasteiger partial charge >= 0.3 is 6.18 Å². The van der Waals surface area contributed by atoms with Gasteiger partial charge in [-0.3, -0.25) is 4.79 Å². The van der Waals surface area contributed by atoms with E-state index in [-0.39, 0.29) is 17.1 Å².